The fraction of sp³-hybridized carbons (Fsp3) is 0.167. The van der Waals surface area contributed by atoms with Crippen LogP contribution in [0, 0.1) is 0 Å². The van der Waals surface area contributed by atoms with Crippen molar-refractivity contribution in [2.24, 2.45) is 0 Å². The van der Waals surface area contributed by atoms with Crippen LogP contribution in [0.2, 0.25) is 0 Å². The Morgan fingerprint density at radius 1 is 1.04 bits per heavy atom. The van der Waals surface area contributed by atoms with Gasteiger partial charge in [0.2, 0.25) is 15.9 Å². The molecular formula is C18H16Cl3NO3. The number of carbonyl (C=O) groups is 1. The molecule has 0 aliphatic rings. The molecule has 1 amide bonds. The Morgan fingerprint density at radius 3 is 2.20 bits per heavy atom. The van der Waals surface area contributed by atoms with Gasteiger partial charge in [0.1, 0.15) is 11.5 Å². The molecule has 1 N–H and O–H groups in total. The van der Waals surface area contributed by atoms with Gasteiger partial charge in [-0.15, -0.1) is 0 Å². The Hall–Kier alpha value is -1.88. The van der Waals surface area contributed by atoms with E-state index in [1.807, 2.05) is 30.3 Å². The number of hydrogen-bond donors (Lipinski definition) is 1. The molecule has 4 nitrogen and oxygen atoms in total. The monoisotopic (exact) mass is 399 g/mol. The van der Waals surface area contributed by atoms with Crippen molar-refractivity contribution in [3.8, 4) is 11.5 Å². The van der Waals surface area contributed by atoms with Gasteiger partial charge in [-0.1, -0.05) is 65.1 Å². The highest BCUT2D eigenvalue weighted by Crippen LogP contribution is 2.32. The van der Waals surface area contributed by atoms with Crippen molar-refractivity contribution < 1.29 is 14.3 Å². The average Bonchev–Trinajstić information content (AvgIpc) is 2.60. The molecule has 0 heterocycles. The second kappa shape index (κ2) is 8.99. The maximum atomic E-state index is 12.1. The summed E-state index contributed by atoms with van der Waals surface area (Å²) < 4.78 is 8.80. The molecule has 2 aromatic rings. The van der Waals surface area contributed by atoms with E-state index in [9.17, 15) is 4.79 Å². The Balaban J connectivity index is 2.04. The lowest BCUT2D eigenvalue weighted by atomic mass is 10.2. The normalized spacial score (nSPS) is 12.6. The number of rotatable bonds is 6. The summed E-state index contributed by atoms with van der Waals surface area (Å²) in [5.74, 6) is 0.630. The lowest BCUT2D eigenvalue weighted by Gasteiger charge is -2.25. The standard InChI is InChI=1S/C18H16Cl3NO3/c1-24-14-8-10-15(11-9-14)25-17(18(19,20)21)22-16(23)12-7-13-5-3-2-4-6-13/h2-12,17H,1H3,(H,22,23)/b12-7-. The van der Waals surface area contributed by atoms with Crippen LogP contribution in [0.15, 0.2) is 60.7 Å². The Labute approximate surface area is 161 Å². The molecule has 0 bridgehead atoms. The van der Waals surface area contributed by atoms with Crippen molar-refractivity contribution in [2.75, 3.05) is 7.11 Å². The zero-order valence-electron chi connectivity index (χ0n) is 13.3. The molecule has 0 aliphatic carbocycles. The largest absolute Gasteiger partial charge is 0.497 e. The smallest absolute Gasteiger partial charge is 0.246 e. The van der Waals surface area contributed by atoms with Crippen LogP contribution < -0.4 is 14.8 Å². The zero-order chi connectivity index (χ0) is 18.3. The molecule has 0 radical (unpaired) electrons. The van der Waals surface area contributed by atoms with Gasteiger partial charge in [-0.25, -0.2) is 0 Å². The van der Waals surface area contributed by atoms with Crippen molar-refractivity contribution >= 4 is 46.8 Å². The molecule has 1 unspecified atom stereocenters. The van der Waals surface area contributed by atoms with Gasteiger partial charge in [-0.2, -0.15) is 0 Å². The van der Waals surface area contributed by atoms with Gasteiger partial charge in [0.05, 0.1) is 7.11 Å². The van der Waals surface area contributed by atoms with E-state index < -0.39 is 15.9 Å². The Bertz CT molecular complexity index is 713. The Kier molecular flexibility index (Phi) is 7.00. The summed E-state index contributed by atoms with van der Waals surface area (Å²) in [6.07, 6.45) is 1.83. The zero-order valence-corrected chi connectivity index (χ0v) is 15.6. The van der Waals surface area contributed by atoms with Crippen molar-refractivity contribution in [1.82, 2.24) is 5.32 Å². The number of nitrogens with one attached hydrogen (secondary N) is 1. The van der Waals surface area contributed by atoms with Crippen LogP contribution in [0.5, 0.6) is 11.5 Å². The first-order chi connectivity index (χ1) is 11.9. The van der Waals surface area contributed by atoms with Crippen LogP contribution in [0.1, 0.15) is 5.56 Å². The number of hydrogen-bond acceptors (Lipinski definition) is 3. The lowest BCUT2D eigenvalue weighted by molar-refractivity contribution is -0.118. The summed E-state index contributed by atoms with van der Waals surface area (Å²) in [5, 5.41) is 2.53. The molecule has 0 aromatic heterocycles. The van der Waals surface area contributed by atoms with E-state index in [2.05, 4.69) is 5.32 Å². The molecule has 0 spiro atoms. The van der Waals surface area contributed by atoms with Gasteiger partial charge in [-0.05, 0) is 35.9 Å². The van der Waals surface area contributed by atoms with Gasteiger partial charge in [0, 0.05) is 6.08 Å². The summed E-state index contributed by atoms with van der Waals surface area (Å²) in [5.41, 5.74) is 0.874. The third-order valence-corrected chi connectivity index (χ3v) is 3.71. The number of halogens is 3. The second-order valence-electron chi connectivity index (χ2n) is 4.97. The highest BCUT2D eigenvalue weighted by Gasteiger charge is 2.35. The minimum absolute atomic E-state index is 0.421. The van der Waals surface area contributed by atoms with E-state index in [4.69, 9.17) is 44.3 Å². The number of benzene rings is 2. The van der Waals surface area contributed by atoms with Crippen LogP contribution >= 0.6 is 34.8 Å². The number of ether oxygens (including phenoxy) is 2. The fourth-order valence-electron chi connectivity index (χ4n) is 1.88. The molecule has 132 valence electrons. The third kappa shape index (κ3) is 6.50. The summed E-state index contributed by atoms with van der Waals surface area (Å²) in [4.78, 5) is 12.1. The molecule has 25 heavy (non-hydrogen) atoms. The number of methoxy groups -OCH3 is 1. The van der Waals surface area contributed by atoms with Gasteiger partial charge in [0.15, 0.2) is 0 Å². The van der Waals surface area contributed by atoms with Crippen LogP contribution in [-0.4, -0.2) is 23.0 Å². The van der Waals surface area contributed by atoms with Crippen molar-refractivity contribution in [1.29, 1.82) is 0 Å². The van der Waals surface area contributed by atoms with E-state index in [0.29, 0.717) is 11.5 Å². The third-order valence-electron chi connectivity index (χ3n) is 3.11. The molecule has 0 aliphatic heterocycles. The number of carbonyl (C=O) groups excluding carboxylic acids is 1. The molecule has 2 rings (SSSR count). The van der Waals surface area contributed by atoms with Crippen molar-refractivity contribution in [3.63, 3.8) is 0 Å². The number of amides is 1. The van der Waals surface area contributed by atoms with Crippen LogP contribution in [0.25, 0.3) is 6.08 Å². The summed E-state index contributed by atoms with van der Waals surface area (Å²) >= 11 is 17.7. The first kappa shape index (κ1) is 19.4. The maximum Gasteiger partial charge on any atom is 0.246 e. The molecule has 0 saturated heterocycles. The molecule has 1 atom stereocenters. The summed E-state index contributed by atoms with van der Waals surface area (Å²) in [7, 11) is 1.55. The van der Waals surface area contributed by atoms with E-state index in [1.54, 1.807) is 37.5 Å². The van der Waals surface area contributed by atoms with Crippen LogP contribution in [0.3, 0.4) is 0 Å². The first-order valence-corrected chi connectivity index (χ1v) is 8.43. The topological polar surface area (TPSA) is 47.6 Å². The Morgan fingerprint density at radius 2 is 1.64 bits per heavy atom. The molecule has 0 fully saturated rings. The quantitative estimate of drug-likeness (QED) is 0.438. The first-order valence-electron chi connectivity index (χ1n) is 7.29. The molecule has 7 heteroatoms. The molecular weight excluding hydrogens is 385 g/mol. The van der Waals surface area contributed by atoms with Crippen LogP contribution in [0.4, 0.5) is 0 Å². The SMILES string of the molecule is COc1ccc(OC(NC(=O)/C=C\c2ccccc2)C(Cl)(Cl)Cl)cc1. The average molecular weight is 401 g/mol. The second-order valence-corrected chi connectivity index (χ2v) is 7.34. The minimum Gasteiger partial charge on any atom is -0.497 e. The number of alkyl halides is 3. The van der Waals surface area contributed by atoms with Gasteiger partial charge < -0.3 is 14.8 Å². The van der Waals surface area contributed by atoms with Gasteiger partial charge >= 0.3 is 0 Å². The molecule has 2 aromatic carbocycles. The fourth-order valence-corrected chi connectivity index (χ4v) is 2.18. The minimum atomic E-state index is -1.85. The predicted molar refractivity (Wildman–Crippen MR) is 101 cm³/mol. The van der Waals surface area contributed by atoms with Gasteiger partial charge in [0.25, 0.3) is 0 Å². The van der Waals surface area contributed by atoms with E-state index >= 15 is 0 Å². The maximum absolute atomic E-state index is 12.1. The van der Waals surface area contributed by atoms with E-state index in [1.165, 1.54) is 6.08 Å². The lowest BCUT2D eigenvalue weighted by Crippen LogP contribution is -2.47. The highest BCUT2D eigenvalue weighted by molar-refractivity contribution is 6.68. The molecule has 0 saturated carbocycles. The summed E-state index contributed by atoms with van der Waals surface area (Å²) in [6.45, 7) is 0. The highest BCUT2D eigenvalue weighted by atomic mass is 35.6. The van der Waals surface area contributed by atoms with E-state index in [0.717, 1.165) is 5.56 Å². The van der Waals surface area contributed by atoms with E-state index in [-0.39, 0.29) is 0 Å². The van der Waals surface area contributed by atoms with Crippen molar-refractivity contribution in [3.05, 3.63) is 66.2 Å². The van der Waals surface area contributed by atoms with Gasteiger partial charge in [-0.3, -0.25) is 4.79 Å². The predicted octanol–water partition coefficient (Wildman–Crippen LogP) is 4.60. The summed E-state index contributed by atoms with van der Waals surface area (Å²) in [6, 6.07) is 16.0. The van der Waals surface area contributed by atoms with Crippen LogP contribution in [-0.2, 0) is 4.79 Å². The van der Waals surface area contributed by atoms with Crippen molar-refractivity contribution in [2.45, 2.75) is 10.0 Å².